The maximum Gasteiger partial charge on any atom is 0.380 e. The van der Waals surface area contributed by atoms with Gasteiger partial charge in [0.25, 0.3) is 0 Å². The van der Waals surface area contributed by atoms with Crippen LogP contribution in [0.25, 0.3) is 0 Å². The normalized spacial score (nSPS) is 7.70. The van der Waals surface area contributed by atoms with Gasteiger partial charge in [-0.15, -0.1) is 12.4 Å². The molecule has 0 saturated heterocycles. The second-order valence-electron chi connectivity index (χ2n) is 1.41. The third-order valence-corrected chi connectivity index (χ3v) is 0.769. The van der Waals surface area contributed by atoms with Crippen LogP contribution in [0.1, 0.15) is 13.3 Å². The summed E-state index contributed by atoms with van der Waals surface area (Å²) < 4.78 is 0. The first kappa shape index (κ1) is 11.8. The molecule has 0 aliphatic heterocycles. The lowest BCUT2D eigenvalue weighted by molar-refractivity contribution is -0.152. The number of Topliss-reactive ketones (excluding diaryl/α,β-unsaturated/α-hetero) is 2. The van der Waals surface area contributed by atoms with E-state index in [-0.39, 0.29) is 18.8 Å². The van der Waals surface area contributed by atoms with Gasteiger partial charge in [-0.2, -0.15) is 0 Å². The number of carbonyl (C=O) groups is 3. The number of ketones is 2. The minimum Gasteiger partial charge on any atom is -0.475 e. The largest absolute Gasteiger partial charge is 0.475 e. The molecule has 0 radical (unpaired) electrons. The van der Waals surface area contributed by atoms with Gasteiger partial charge in [-0.1, -0.05) is 6.92 Å². The van der Waals surface area contributed by atoms with Crippen molar-refractivity contribution in [3.63, 3.8) is 0 Å². The van der Waals surface area contributed by atoms with Gasteiger partial charge in [0, 0.05) is 6.42 Å². The zero-order valence-electron chi connectivity index (χ0n) is 5.29. The van der Waals surface area contributed by atoms with Crippen LogP contribution >= 0.6 is 12.4 Å². The van der Waals surface area contributed by atoms with Crippen LogP contribution in [0.4, 0.5) is 0 Å². The molecule has 0 aromatic rings. The summed E-state index contributed by atoms with van der Waals surface area (Å²) in [5.74, 6) is -3.87. The molecular formula is C5H7ClO4. The Hall–Kier alpha value is -0.900. The van der Waals surface area contributed by atoms with Gasteiger partial charge >= 0.3 is 11.8 Å². The number of rotatable bonds is 3. The van der Waals surface area contributed by atoms with Gasteiger partial charge in [-0.05, 0) is 0 Å². The highest BCUT2D eigenvalue weighted by Gasteiger charge is 2.18. The van der Waals surface area contributed by atoms with Crippen molar-refractivity contribution in [2.24, 2.45) is 0 Å². The van der Waals surface area contributed by atoms with Gasteiger partial charge in [-0.3, -0.25) is 9.59 Å². The molecule has 0 unspecified atom stereocenters. The summed E-state index contributed by atoms with van der Waals surface area (Å²) >= 11 is 0. The quantitative estimate of drug-likeness (QED) is 0.475. The highest BCUT2D eigenvalue weighted by molar-refractivity contribution is 6.61. The lowest BCUT2D eigenvalue weighted by atomic mass is 10.2. The number of hydrogen-bond acceptors (Lipinski definition) is 3. The van der Waals surface area contributed by atoms with Crippen molar-refractivity contribution in [1.29, 1.82) is 0 Å². The van der Waals surface area contributed by atoms with Gasteiger partial charge in [-0.25, -0.2) is 4.79 Å². The Morgan fingerprint density at radius 3 is 1.80 bits per heavy atom. The molecule has 0 amide bonds. The monoisotopic (exact) mass is 166 g/mol. The predicted molar refractivity (Wildman–Crippen MR) is 35.2 cm³/mol. The SMILES string of the molecule is CCC(=O)C(=O)C(=O)O.Cl. The van der Waals surface area contributed by atoms with Crippen LogP contribution < -0.4 is 0 Å². The van der Waals surface area contributed by atoms with E-state index in [2.05, 4.69) is 0 Å². The Bertz CT molecular complexity index is 163. The predicted octanol–water partition coefficient (Wildman–Crippen LogP) is 0.0410. The summed E-state index contributed by atoms with van der Waals surface area (Å²) in [6.45, 7) is 1.43. The standard InChI is InChI=1S/C5H6O4.ClH/c1-2-3(6)4(7)5(8)9;/h2H2,1H3,(H,8,9);1H. The van der Waals surface area contributed by atoms with E-state index in [1.54, 1.807) is 0 Å². The third kappa shape index (κ3) is 3.19. The van der Waals surface area contributed by atoms with Crippen molar-refractivity contribution in [3.8, 4) is 0 Å². The van der Waals surface area contributed by atoms with E-state index in [0.29, 0.717) is 0 Å². The topological polar surface area (TPSA) is 71.4 Å². The fourth-order valence-corrected chi connectivity index (χ4v) is 0.280. The summed E-state index contributed by atoms with van der Waals surface area (Å²) in [6.07, 6.45) is -0.0505. The Labute approximate surface area is 63.6 Å². The maximum atomic E-state index is 10.2. The molecule has 0 aromatic heterocycles. The molecule has 1 N–H and O–H groups in total. The van der Waals surface area contributed by atoms with Gasteiger partial charge in [0.05, 0.1) is 0 Å². The van der Waals surface area contributed by atoms with Crippen molar-refractivity contribution in [2.45, 2.75) is 13.3 Å². The summed E-state index contributed by atoms with van der Waals surface area (Å²) in [4.78, 5) is 30.1. The Kier molecular flexibility index (Phi) is 5.84. The van der Waals surface area contributed by atoms with E-state index in [4.69, 9.17) is 5.11 Å². The maximum absolute atomic E-state index is 10.2. The average molecular weight is 167 g/mol. The molecule has 0 saturated carbocycles. The molecule has 0 atom stereocenters. The first-order chi connectivity index (χ1) is 4.09. The summed E-state index contributed by atoms with van der Waals surface area (Å²) in [7, 11) is 0. The zero-order valence-corrected chi connectivity index (χ0v) is 6.10. The molecule has 58 valence electrons. The third-order valence-electron chi connectivity index (χ3n) is 0.769. The Balaban J connectivity index is 0. The lowest BCUT2D eigenvalue weighted by Gasteiger charge is -1.86. The van der Waals surface area contributed by atoms with Gasteiger partial charge in [0.15, 0.2) is 0 Å². The summed E-state index contributed by atoms with van der Waals surface area (Å²) in [6, 6.07) is 0. The number of carbonyl (C=O) groups excluding carboxylic acids is 2. The first-order valence-electron chi connectivity index (χ1n) is 2.40. The van der Waals surface area contributed by atoms with Crippen molar-refractivity contribution in [2.75, 3.05) is 0 Å². The smallest absolute Gasteiger partial charge is 0.380 e. The number of carboxylic acid groups (broad SMARTS) is 1. The van der Waals surface area contributed by atoms with E-state index < -0.39 is 17.5 Å². The fourth-order valence-electron chi connectivity index (χ4n) is 0.280. The van der Waals surface area contributed by atoms with Crippen LogP contribution in [0.2, 0.25) is 0 Å². The average Bonchev–Trinajstić information content (AvgIpc) is 1.84. The highest BCUT2D eigenvalue weighted by atomic mass is 35.5. The van der Waals surface area contributed by atoms with Crippen LogP contribution in [0.15, 0.2) is 0 Å². The van der Waals surface area contributed by atoms with Crippen molar-refractivity contribution >= 4 is 29.9 Å². The molecule has 0 spiro atoms. The van der Waals surface area contributed by atoms with Gasteiger partial charge in [0.1, 0.15) is 0 Å². The van der Waals surface area contributed by atoms with Crippen molar-refractivity contribution in [3.05, 3.63) is 0 Å². The molecule has 0 aliphatic rings. The lowest BCUT2D eigenvalue weighted by Crippen LogP contribution is -2.22. The van der Waals surface area contributed by atoms with Gasteiger partial charge in [0.2, 0.25) is 5.78 Å². The number of aliphatic carboxylic acids is 1. The second-order valence-corrected chi connectivity index (χ2v) is 1.41. The molecule has 0 bridgehead atoms. The van der Waals surface area contributed by atoms with Gasteiger partial charge < -0.3 is 5.11 Å². The molecule has 0 aromatic carbocycles. The number of carboxylic acids is 1. The Morgan fingerprint density at radius 1 is 1.30 bits per heavy atom. The zero-order chi connectivity index (χ0) is 7.44. The van der Waals surface area contributed by atoms with E-state index in [9.17, 15) is 14.4 Å². The minimum absolute atomic E-state index is 0. The minimum atomic E-state index is -1.68. The highest BCUT2D eigenvalue weighted by Crippen LogP contribution is 1.82. The molecule has 10 heavy (non-hydrogen) atoms. The first-order valence-corrected chi connectivity index (χ1v) is 2.40. The van der Waals surface area contributed by atoms with Crippen LogP contribution in [0, 0.1) is 0 Å². The summed E-state index contributed by atoms with van der Waals surface area (Å²) in [5.41, 5.74) is 0. The molecule has 0 rings (SSSR count). The van der Waals surface area contributed by atoms with E-state index in [1.807, 2.05) is 0 Å². The van der Waals surface area contributed by atoms with Crippen molar-refractivity contribution < 1.29 is 19.5 Å². The molecule has 0 fully saturated rings. The fraction of sp³-hybridized carbons (Fsp3) is 0.400. The Morgan fingerprint density at radius 2 is 1.70 bits per heavy atom. The molecule has 4 nitrogen and oxygen atoms in total. The molecule has 0 aliphatic carbocycles. The van der Waals surface area contributed by atoms with E-state index in [0.717, 1.165) is 0 Å². The van der Waals surface area contributed by atoms with Crippen LogP contribution in [-0.4, -0.2) is 22.6 Å². The van der Waals surface area contributed by atoms with Crippen molar-refractivity contribution in [1.82, 2.24) is 0 Å². The van der Waals surface area contributed by atoms with Crippen LogP contribution in [0.5, 0.6) is 0 Å². The molecule has 5 heteroatoms. The number of hydrogen-bond donors (Lipinski definition) is 1. The van der Waals surface area contributed by atoms with Crippen LogP contribution in [0.3, 0.4) is 0 Å². The summed E-state index contributed by atoms with van der Waals surface area (Å²) in [5, 5.41) is 7.91. The van der Waals surface area contributed by atoms with Crippen LogP contribution in [-0.2, 0) is 14.4 Å². The molecular weight excluding hydrogens is 160 g/mol. The van der Waals surface area contributed by atoms with E-state index >= 15 is 0 Å². The molecule has 0 heterocycles. The number of halogens is 1. The van der Waals surface area contributed by atoms with E-state index in [1.165, 1.54) is 6.92 Å². The second kappa shape index (κ2) is 4.93.